The Labute approximate surface area is 137 Å². The van der Waals surface area contributed by atoms with Crippen molar-refractivity contribution in [2.45, 2.75) is 0 Å². The van der Waals surface area contributed by atoms with Gasteiger partial charge in [-0.3, -0.25) is 9.97 Å². The number of fused-ring (bicyclic) bond motifs is 1. The largest absolute Gasteiger partial charge is 0.456 e. The van der Waals surface area contributed by atoms with Crippen molar-refractivity contribution in [2.75, 3.05) is 0 Å². The molecule has 0 N–H and O–H groups in total. The average Bonchev–Trinajstić information content (AvgIpc) is 3.05. The van der Waals surface area contributed by atoms with Gasteiger partial charge in [0, 0.05) is 29.5 Å². The molecule has 114 valence electrons. The predicted molar refractivity (Wildman–Crippen MR) is 88.5 cm³/mol. The summed E-state index contributed by atoms with van der Waals surface area (Å²) in [5.74, 6) is 1.99. The fourth-order valence-electron chi connectivity index (χ4n) is 2.46. The van der Waals surface area contributed by atoms with E-state index in [1.54, 1.807) is 24.7 Å². The predicted octanol–water partition coefficient (Wildman–Crippen LogP) is 4.55. The number of hydrogen-bond acceptors (Lipinski definition) is 5. The molecule has 0 unspecified atom stereocenters. The summed E-state index contributed by atoms with van der Waals surface area (Å²) in [7, 11) is 0. The molecule has 4 aromatic rings. The highest BCUT2D eigenvalue weighted by Crippen LogP contribution is 2.32. The summed E-state index contributed by atoms with van der Waals surface area (Å²) in [6.45, 7) is 0. The molecule has 0 atom stereocenters. The smallest absolute Gasteiger partial charge is 0.145 e. The second-order valence-electron chi connectivity index (χ2n) is 5.13. The van der Waals surface area contributed by atoms with Crippen LogP contribution in [0.25, 0.3) is 22.3 Å². The first-order chi connectivity index (χ1) is 11.8. The molecule has 3 heterocycles. The van der Waals surface area contributed by atoms with E-state index in [0.29, 0.717) is 22.8 Å². The molecule has 0 fully saturated rings. The van der Waals surface area contributed by atoms with Gasteiger partial charge in [-0.15, -0.1) is 0 Å². The molecular formula is C19H11N3O2. The number of nitriles is 1. The molecule has 0 amide bonds. The number of nitrogens with zero attached hydrogens (tertiary/aromatic N) is 3. The van der Waals surface area contributed by atoms with Crippen LogP contribution in [0.2, 0.25) is 0 Å². The highest BCUT2D eigenvalue weighted by molar-refractivity contribution is 5.85. The van der Waals surface area contributed by atoms with Gasteiger partial charge in [-0.05, 0) is 42.5 Å². The van der Waals surface area contributed by atoms with Crippen molar-refractivity contribution < 1.29 is 9.15 Å². The quantitative estimate of drug-likeness (QED) is 0.554. The molecule has 0 radical (unpaired) electrons. The standard InChI is InChI=1S/C19H11N3O2/c20-10-14-11-22-7-5-17(14)19-9-13-8-15(3-4-18(13)24-19)23-16-2-1-6-21-12-16/h1-9,11-12H. The minimum absolute atomic E-state index is 0.475. The maximum atomic E-state index is 9.21. The maximum Gasteiger partial charge on any atom is 0.145 e. The minimum Gasteiger partial charge on any atom is -0.456 e. The third-order valence-corrected chi connectivity index (χ3v) is 3.56. The van der Waals surface area contributed by atoms with Crippen LogP contribution in [0.1, 0.15) is 5.56 Å². The van der Waals surface area contributed by atoms with Gasteiger partial charge in [0.05, 0.1) is 11.8 Å². The van der Waals surface area contributed by atoms with Crippen molar-refractivity contribution in [1.82, 2.24) is 9.97 Å². The summed E-state index contributed by atoms with van der Waals surface area (Å²) in [6, 6.07) is 15.0. The first-order valence-corrected chi connectivity index (χ1v) is 7.29. The number of rotatable bonds is 3. The molecule has 0 saturated carbocycles. The molecule has 0 aliphatic carbocycles. The van der Waals surface area contributed by atoms with Crippen molar-refractivity contribution in [3.63, 3.8) is 0 Å². The molecule has 1 aromatic carbocycles. The molecule has 4 rings (SSSR count). The zero-order chi connectivity index (χ0) is 16.4. The van der Waals surface area contributed by atoms with Gasteiger partial charge in [0.15, 0.2) is 0 Å². The van der Waals surface area contributed by atoms with Crippen LogP contribution < -0.4 is 4.74 Å². The van der Waals surface area contributed by atoms with Crippen molar-refractivity contribution in [1.29, 1.82) is 5.26 Å². The maximum absolute atomic E-state index is 9.21. The van der Waals surface area contributed by atoms with Crippen LogP contribution in [0.4, 0.5) is 0 Å². The van der Waals surface area contributed by atoms with E-state index in [2.05, 4.69) is 16.0 Å². The van der Waals surface area contributed by atoms with Gasteiger partial charge in [0.1, 0.15) is 28.9 Å². The fourth-order valence-corrected chi connectivity index (χ4v) is 2.46. The molecule has 0 saturated heterocycles. The normalized spacial score (nSPS) is 10.5. The van der Waals surface area contributed by atoms with Gasteiger partial charge >= 0.3 is 0 Å². The Hall–Kier alpha value is -3.65. The molecule has 0 bridgehead atoms. The molecule has 3 aromatic heterocycles. The molecule has 5 heteroatoms. The minimum atomic E-state index is 0.475. The highest BCUT2D eigenvalue weighted by atomic mass is 16.5. The number of hydrogen-bond donors (Lipinski definition) is 0. The summed E-state index contributed by atoms with van der Waals surface area (Å²) in [5, 5.41) is 10.1. The van der Waals surface area contributed by atoms with Gasteiger partial charge in [0.25, 0.3) is 0 Å². The molecule has 0 aliphatic heterocycles. The molecule has 5 nitrogen and oxygen atoms in total. The Morgan fingerprint density at radius 1 is 0.958 bits per heavy atom. The SMILES string of the molecule is N#Cc1cnccc1-c1cc2cc(Oc3cccnc3)ccc2o1. The molecule has 0 aliphatic rings. The summed E-state index contributed by atoms with van der Waals surface area (Å²) in [6.07, 6.45) is 6.51. The van der Waals surface area contributed by atoms with E-state index in [1.165, 1.54) is 6.20 Å². The summed E-state index contributed by atoms with van der Waals surface area (Å²) in [5.41, 5.74) is 1.92. The first-order valence-electron chi connectivity index (χ1n) is 7.29. The zero-order valence-corrected chi connectivity index (χ0v) is 12.5. The average molecular weight is 313 g/mol. The van der Waals surface area contributed by atoms with Gasteiger partial charge in [0.2, 0.25) is 0 Å². The summed E-state index contributed by atoms with van der Waals surface area (Å²) < 4.78 is 11.6. The third-order valence-electron chi connectivity index (χ3n) is 3.56. The van der Waals surface area contributed by atoms with Crippen LogP contribution in [-0.4, -0.2) is 9.97 Å². The van der Waals surface area contributed by atoms with Crippen LogP contribution in [0, 0.1) is 11.3 Å². The third kappa shape index (κ3) is 2.57. The van der Waals surface area contributed by atoms with E-state index >= 15 is 0 Å². The van der Waals surface area contributed by atoms with Gasteiger partial charge < -0.3 is 9.15 Å². The van der Waals surface area contributed by atoms with E-state index in [-0.39, 0.29) is 0 Å². The summed E-state index contributed by atoms with van der Waals surface area (Å²) in [4.78, 5) is 7.99. The second kappa shape index (κ2) is 5.86. The van der Waals surface area contributed by atoms with Gasteiger partial charge in [-0.25, -0.2) is 0 Å². The van der Waals surface area contributed by atoms with Crippen molar-refractivity contribution in [3.05, 3.63) is 72.8 Å². The lowest BCUT2D eigenvalue weighted by Gasteiger charge is -2.04. The lowest BCUT2D eigenvalue weighted by atomic mass is 10.1. The van der Waals surface area contributed by atoms with E-state index in [1.807, 2.05) is 36.4 Å². The van der Waals surface area contributed by atoms with Crippen LogP contribution in [0.5, 0.6) is 11.5 Å². The van der Waals surface area contributed by atoms with E-state index in [0.717, 1.165) is 16.5 Å². The number of furan rings is 1. The second-order valence-corrected chi connectivity index (χ2v) is 5.13. The Morgan fingerprint density at radius 3 is 2.71 bits per heavy atom. The number of aromatic nitrogens is 2. The number of pyridine rings is 2. The van der Waals surface area contributed by atoms with Crippen molar-refractivity contribution in [2.24, 2.45) is 0 Å². The molecular weight excluding hydrogens is 302 g/mol. The van der Waals surface area contributed by atoms with Gasteiger partial charge in [-0.1, -0.05) is 0 Å². The van der Waals surface area contributed by atoms with Gasteiger partial charge in [-0.2, -0.15) is 5.26 Å². The molecule has 0 spiro atoms. The highest BCUT2D eigenvalue weighted by Gasteiger charge is 2.11. The van der Waals surface area contributed by atoms with E-state index in [4.69, 9.17) is 9.15 Å². The van der Waals surface area contributed by atoms with Crippen LogP contribution in [0.15, 0.2) is 71.7 Å². The molecule has 24 heavy (non-hydrogen) atoms. The van der Waals surface area contributed by atoms with Crippen LogP contribution in [0.3, 0.4) is 0 Å². The lowest BCUT2D eigenvalue weighted by Crippen LogP contribution is -1.83. The topological polar surface area (TPSA) is 71.9 Å². The lowest BCUT2D eigenvalue weighted by molar-refractivity contribution is 0.481. The Morgan fingerprint density at radius 2 is 1.88 bits per heavy atom. The summed E-state index contributed by atoms with van der Waals surface area (Å²) >= 11 is 0. The monoisotopic (exact) mass is 313 g/mol. The Bertz CT molecular complexity index is 1050. The number of ether oxygens (including phenoxy) is 1. The zero-order valence-electron chi connectivity index (χ0n) is 12.5. The number of benzene rings is 1. The fraction of sp³-hybridized carbons (Fsp3) is 0. The van der Waals surface area contributed by atoms with Crippen LogP contribution in [-0.2, 0) is 0 Å². The van der Waals surface area contributed by atoms with E-state index in [9.17, 15) is 5.26 Å². The van der Waals surface area contributed by atoms with Crippen molar-refractivity contribution in [3.8, 4) is 28.9 Å². The van der Waals surface area contributed by atoms with E-state index < -0.39 is 0 Å². The Balaban J connectivity index is 1.73. The first kappa shape index (κ1) is 14.0. The van der Waals surface area contributed by atoms with Crippen molar-refractivity contribution >= 4 is 11.0 Å². The van der Waals surface area contributed by atoms with Crippen LogP contribution >= 0.6 is 0 Å². The Kier molecular flexibility index (Phi) is 3.41.